The Morgan fingerprint density at radius 2 is 2.11 bits per heavy atom. The lowest BCUT2D eigenvalue weighted by atomic mass is 10.2. The number of nitrogens with two attached hydrogens (primary N) is 1. The van der Waals surface area contributed by atoms with E-state index in [1.54, 1.807) is 18.2 Å². The molecule has 18 heavy (non-hydrogen) atoms. The minimum Gasteiger partial charge on any atom is -0.495 e. The van der Waals surface area contributed by atoms with Crippen molar-refractivity contribution in [3.05, 3.63) is 18.2 Å². The Kier molecular flexibility index (Phi) is 4.55. The van der Waals surface area contributed by atoms with Gasteiger partial charge in [0.25, 0.3) is 0 Å². The third kappa shape index (κ3) is 4.62. The molecular weight excluding hydrogens is 256 g/mol. The van der Waals surface area contributed by atoms with Crippen LogP contribution in [-0.2, 0) is 14.6 Å². The van der Waals surface area contributed by atoms with Gasteiger partial charge in [-0.25, -0.2) is 8.42 Å². The lowest BCUT2D eigenvalue weighted by Crippen LogP contribution is -2.17. The van der Waals surface area contributed by atoms with Crippen LogP contribution >= 0.6 is 0 Å². The first-order chi connectivity index (χ1) is 8.31. The second-order valence-electron chi connectivity index (χ2n) is 3.89. The number of carbonyl (C=O) groups excluding carboxylic acids is 1. The number of benzene rings is 1. The summed E-state index contributed by atoms with van der Waals surface area (Å²) in [5.41, 5.74) is 6.51. The molecule has 0 saturated carbocycles. The average molecular weight is 272 g/mol. The van der Waals surface area contributed by atoms with Gasteiger partial charge in [0.2, 0.25) is 5.91 Å². The molecule has 0 heterocycles. The zero-order chi connectivity index (χ0) is 13.8. The second-order valence-corrected chi connectivity index (χ2v) is 6.15. The van der Waals surface area contributed by atoms with Crippen molar-refractivity contribution in [2.75, 3.05) is 30.2 Å². The molecule has 1 rings (SSSR count). The number of anilines is 2. The van der Waals surface area contributed by atoms with Crippen LogP contribution in [0.25, 0.3) is 0 Å². The number of hydrogen-bond donors (Lipinski definition) is 2. The van der Waals surface area contributed by atoms with E-state index in [1.165, 1.54) is 7.11 Å². The fourth-order valence-electron chi connectivity index (χ4n) is 1.31. The highest BCUT2D eigenvalue weighted by Crippen LogP contribution is 2.26. The molecule has 6 nitrogen and oxygen atoms in total. The van der Waals surface area contributed by atoms with E-state index in [-0.39, 0.29) is 12.2 Å². The summed E-state index contributed by atoms with van der Waals surface area (Å²) in [5, 5.41) is 2.57. The van der Waals surface area contributed by atoms with Crippen LogP contribution in [0.15, 0.2) is 18.2 Å². The van der Waals surface area contributed by atoms with Crippen LogP contribution < -0.4 is 15.8 Å². The lowest BCUT2D eigenvalue weighted by molar-refractivity contribution is -0.115. The number of methoxy groups -OCH3 is 1. The first kappa shape index (κ1) is 14.3. The molecule has 0 aromatic heterocycles. The maximum Gasteiger partial charge on any atom is 0.225 e. The molecule has 3 N–H and O–H groups in total. The van der Waals surface area contributed by atoms with Gasteiger partial charge in [0, 0.05) is 18.4 Å². The van der Waals surface area contributed by atoms with E-state index in [1.807, 2.05) is 0 Å². The topological polar surface area (TPSA) is 98.5 Å². The standard InChI is InChI=1S/C11H16N2O4S/c1-17-10-4-3-8(12)7-9(10)13-11(14)5-6-18(2,15)16/h3-4,7H,5-6,12H2,1-2H3,(H,13,14). The number of nitrogens with one attached hydrogen (secondary N) is 1. The Hall–Kier alpha value is -1.76. The molecule has 0 radical (unpaired) electrons. The van der Waals surface area contributed by atoms with Gasteiger partial charge < -0.3 is 15.8 Å². The molecule has 1 aromatic carbocycles. The molecule has 100 valence electrons. The third-order valence-electron chi connectivity index (χ3n) is 2.20. The summed E-state index contributed by atoms with van der Waals surface area (Å²) in [5.74, 6) is -0.120. The molecule has 1 amide bonds. The van der Waals surface area contributed by atoms with Gasteiger partial charge in [0.15, 0.2) is 0 Å². The van der Waals surface area contributed by atoms with Crippen molar-refractivity contribution in [3.63, 3.8) is 0 Å². The van der Waals surface area contributed by atoms with Crippen LogP contribution in [0.5, 0.6) is 5.75 Å². The summed E-state index contributed by atoms with van der Waals surface area (Å²) in [7, 11) is -1.68. The molecule has 0 atom stereocenters. The van der Waals surface area contributed by atoms with Crippen LogP contribution in [0.1, 0.15) is 6.42 Å². The van der Waals surface area contributed by atoms with E-state index in [4.69, 9.17) is 10.5 Å². The van der Waals surface area contributed by atoms with E-state index in [9.17, 15) is 13.2 Å². The fourth-order valence-corrected chi connectivity index (χ4v) is 1.87. The highest BCUT2D eigenvalue weighted by Gasteiger charge is 2.11. The monoisotopic (exact) mass is 272 g/mol. The maximum atomic E-state index is 11.6. The van der Waals surface area contributed by atoms with Gasteiger partial charge in [-0.05, 0) is 18.2 Å². The molecule has 0 bridgehead atoms. The van der Waals surface area contributed by atoms with Gasteiger partial charge in [-0.1, -0.05) is 0 Å². The van der Waals surface area contributed by atoms with E-state index >= 15 is 0 Å². The molecule has 0 fully saturated rings. The molecule has 0 unspecified atom stereocenters. The Morgan fingerprint density at radius 1 is 1.44 bits per heavy atom. The minimum atomic E-state index is -3.15. The maximum absolute atomic E-state index is 11.6. The summed E-state index contributed by atoms with van der Waals surface area (Å²) in [6, 6.07) is 4.82. The number of carbonyl (C=O) groups is 1. The van der Waals surface area contributed by atoms with E-state index < -0.39 is 15.7 Å². The Morgan fingerprint density at radius 3 is 2.67 bits per heavy atom. The lowest BCUT2D eigenvalue weighted by Gasteiger charge is -2.10. The van der Waals surface area contributed by atoms with Crippen molar-refractivity contribution in [1.29, 1.82) is 0 Å². The Labute approximate surface area is 106 Å². The van der Waals surface area contributed by atoms with Crippen molar-refractivity contribution in [1.82, 2.24) is 0 Å². The second kappa shape index (κ2) is 5.72. The fraction of sp³-hybridized carbons (Fsp3) is 0.364. The largest absolute Gasteiger partial charge is 0.495 e. The minimum absolute atomic E-state index is 0.100. The molecular formula is C11H16N2O4S. The molecule has 1 aromatic rings. The SMILES string of the molecule is COc1ccc(N)cc1NC(=O)CCS(C)(=O)=O. The van der Waals surface area contributed by atoms with Crippen molar-refractivity contribution in [2.45, 2.75) is 6.42 Å². The van der Waals surface area contributed by atoms with Crippen molar-refractivity contribution >= 4 is 27.1 Å². The van der Waals surface area contributed by atoms with Crippen molar-refractivity contribution in [2.24, 2.45) is 0 Å². The van der Waals surface area contributed by atoms with E-state index in [0.29, 0.717) is 17.1 Å². The molecule has 7 heteroatoms. The summed E-state index contributed by atoms with van der Waals surface area (Å²) in [6.07, 6.45) is 0.984. The Balaban J connectivity index is 2.72. The normalized spacial score (nSPS) is 11.0. The third-order valence-corrected chi connectivity index (χ3v) is 3.14. The van der Waals surface area contributed by atoms with Gasteiger partial charge in [0.05, 0.1) is 18.6 Å². The number of hydrogen-bond acceptors (Lipinski definition) is 5. The number of ether oxygens (including phenoxy) is 1. The average Bonchev–Trinajstić information content (AvgIpc) is 2.26. The molecule has 0 aliphatic carbocycles. The van der Waals surface area contributed by atoms with Gasteiger partial charge in [0.1, 0.15) is 15.6 Å². The van der Waals surface area contributed by atoms with E-state index in [2.05, 4.69) is 5.32 Å². The molecule has 0 saturated heterocycles. The summed E-state index contributed by atoms with van der Waals surface area (Å²) >= 11 is 0. The van der Waals surface area contributed by atoms with E-state index in [0.717, 1.165) is 6.26 Å². The molecule has 0 spiro atoms. The van der Waals surface area contributed by atoms with Gasteiger partial charge >= 0.3 is 0 Å². The van der Waals surface area contributed by atoms with Gasteiger partial charge in [-0.3, -0.25) is 4.79 Å². The summed E-state index contributed by atoms with van der Waals surface area (Å²) in [6.45, 7) is 0. The smallest absolute Gasteiger partial charge is 0.225 e. The van der Waals surface area contributed by atoms with Crippen LogP contribution in [0.3, 0.4) is 0 Å². The van der Waals surface area contributed by atoms with Crippen LogP contribution in [0.2, 0.25) is 0 Å². The number of sulfone groups is 1. The Bertz CT molecular complexity index is 540. The highest BCUT2D eigenvalue weighted by atomic mass is 32.2. The first-order valence-corrected chi connectivity index (χ1v) is 7.29. The number of amides is 1. The predicted molar refractivity (Wildman–Crippen MR) is 70.4 cm³/mol. The first-order valence-electron chi connectivity index (χ1n) is 5.23. The summed E-state index contributed by atoms with van der Waals surface area (Å²) in [4.78, 5) is 11.6. The van der Waals surface area contributed by atoms with Gasteiger partial charge in [-0.15, -0.1) is 0 Å². The quantitative estimate of drug-likeness (QED) is 0.767. The van der Waals surface area contributed by atoms with Crippen LogP contribution in [0.4, 0.5) is 11.4 Å². The molecule has 0 aliphatic rings. The van der Waals surface area contributed by atoms with Crippen molar-refractivity contribution < 1.29 is 17.9 Å². The zero-order valence-corrected chi connectivity index (χ0v) is 11.1. The highest BCUT2D eigenvalue weighted by molar-refractivity contribution is 7.90. The predicted octanol–water partition coefficient (Wildman–Crippen LogP) is 0.651. The number of nitrogen functional groups attached to an aromatic ring is 1. The summed E-state index contributed by atoms with van der Waals surface area (Å²) < 4.78 is 26.9. The molecule has 0 aliphatic heterocycles. The zero-order valence-electron chi connectivity index (χ0n) is 10.3. The van der Waals surface area contributed by atoms with Crippen LogP contribution in [0, 0.1) is 0 Å². The number of rotatable bonds is 5. The van der Waals surface area contributed by atoms with Gasteiger partial charge in [-0.2, -0.15) is 0 Å². The van der Waals surface area contributed by atoms with Crippen LogP contribution in [-0.4, -0.2) is 33.4 Å². The van der Waals surface area contributed by atoms with Crippen molar-refractivity contribution in [3.8, 4) is 5.75 Å².